The van der Waals surface area contributed by atoms with Gasteiger partial charge in [-0.2, -0.15) is 0 Å². The van der Waals surface area contributed by atoms with Crippen molar-refractivity contribution in [1.29, 1.82) is 0 Å². The molecule has 2 aromatic rings. The molecule has 0 aliphatic carbocycles. The van der Waals surface area contributed by atoms with Gasteiger partial charge in [-0.05, 0) is 61.2 Å². The number of ether oxygens (including phenoxy) is 1. The molecule has 0 fully saturated rings. The van der Waals surface area contributed by atoms with Crippen LogP contribution >= 0.6 is 0 Å². The number of hydrogen-bond acceptors (Lipinski definition) is 3. The Morgan fingerprint density at radius 1 is 1.08 bits per heavy atom. The summed E-state index contributed by atoms with van der Waals surface area (Å²) < 4.78 is 5.13. The summed E-state index contributed by atoms with van der Waals surface area (Å²) >= 11 is 0. The zero-order valence-electron chi connectivity index (χ0n) is 14.8. The number of amides is 1. The van der Waals surface area contributed by atoms with Gasteiger partial charge in [0.15, 0.2) is 0 Å². The molecular formula is C20H23NO4. The normalized spacial score (nSPS) is 10.4. The van der Waals surface area contributed by atoms with Crippen LogP contribution in [-0.4, -0.2) is 42.6 Å². The molecular weight excluding hydrogens is 318 g/mol. The van der Waals surface area contributed by atoms with Gasteiger partial charge in [-0.1, -0.05) is 12.1 Å². The van der Waals surface area contributed by atoms with Crippen LogP contribution in [-0.2, 0) is 6.42 Å². The Kier molecular flexibility index (Phi) is 6.17. The molecule has 0 atom stereocenters. The van der Waals surface area contributed by atoms with Gasteiger partial charge in [-0.3, -0.25) is 4.79 Å². The van der Waals surface area contributed by atoms with E-state index in [9.17, 15) is 9.59 Å². The minimum atomic E-state index is -1.03. The minimum absolute atomic E-state index is 0.134. The molecule has 25 heavy (non-hydrogen) atoms. The lowest BCUT2D eigenvalue weighted by Gasteiger charge is -2.18. The molecule has 5 heteroatoms. The van der Waals surface area contributed by atoms with Crippen molar-refractivity contribution in [2.24, 2.45) is 0 Å². The Bertz CT molecular complexity index is 753. The number of carbonyl (C=O) groups excluding carboxylic acids is 1. The molecule has 0 saturated carbocycles. The Hall–Kier alpha value is -2.82. The van der Waals surface area contributed by atoms with Crippen LogP contribution in [0.25, 0.3) is 0 Å². The second-order valence-electron chi connectivity index (χ2n) is 6.07. The summed E-state index contributed by atoms with van der Waals surface area (Å²) in [6, 6.07) is 12.6. The van der Waals surface area contributed by atoms with E-state index in [2.05, 4.69) is 0 Å². The second kappa shape index (κ2) is 8.33. The summed E-state index contributed by atoms with van der Waals surface area (Å²) in [5.74, 6) is -0.370. The summed E-state index contributed by atoms with van der Waals surface area (Å²) in [6.45, 7) is 2.38. The molecule has 0 saturated heterocycles. The molecule has 5 nitrogen and oxygen atoms in total. The van der Waals surface area contributed by atoms with Crippen molar-refractivity contribution < 1.29 is 19.4 Å². The third-order valence-corrected chi connectivity index (χ3v) is 4.04. The van der Waals surface area contributed by atoms with Crippen LogP contribution in [0.1, 0.15) is 38.3 Å². The van der Waals surface area contributed by atoms with Gasteiger partial charge >= 0.3 is 5.97 Å². The van der Waals surface area contributed by atoms with Crippen LogP contribution in [0.3, 0.4) is 0 Å². The highest BCUT2D eigenvalue weighted by Gasteiger charge is 2.14. The lowest BCUT2D eigenvalue weighted by molar-refractivity contribution is 0.0696. The fourth-order valence-electron chi connectivity index (χ4n) is 2.66. The maximum Gasteiger partial charge on any atom is 0.335 e. The number of methoxy groups -OCH3 is 1. The third-order valence-electron chi connectivity index (χ3n) is 4.04. The number of aromatic carboxylic acids is 1. The topological polar surface area (TPSA) is 66.8 Å². The summed E-state index contributed by atoms with van der Waals surface area (Å²) in [6.07, 6.45) is 1.68. The molecule has 2 rings (SSSR count). The lowest BCUT2D eigenvalue weighted by Crippen LogP contribution is -2.28. The number of benzene rings is 2. The largest absolute Gasteiger partial charge is 0.497 e. The summed E-state index contributed by atoms with van der Waals surface area (Å²) in [5.41, 5.74) is 2.49. The van der Waals surface area contributed by atoms with E-state index >= 15 is 0 Å². The zero-order valence-corrected chi connectivity index (χ0v) is 14.8. The third kappa shape index (κ3) is 5.08. The Labute approximate surface area is 147 Å². The van der Waals surface area contributed by atoms with Gasteiger partial charge in [-0.25, -0.2) is 4.79 Å². The SMILES string of the molecule is COc1ccc(CCCN(C)C(=O)c2cc(C)cc(C(=O)O)c2)cc1. The molecule has 0 heterocycles. The standard InChI is InChI=1S/C20H23NO4/c1-14-11-16(13-17(12-14)20(23)24)19(22)21(2)10-4-5-15-6-8-18(25-3)9-7-15/h6-9,11-13H,4-5,10H2,1-3H3,(H,23,24). The van der Waals surface area contributed by atoms with Crippen molar-refractivity contribution in [3.63, 3.8) is 0 Å². The van der Waals surface area contributed by atoms with E-state index < -0.39 is 5.97 Å². The Balaban J connectivity index is 1.94. The van der Waals surface area contributed by atoms with Gasteiger partial charge in [0.05, 0.1) is 12.7 Å². The highest BCUT2D eigenvalue weighted by atomic mass is 16.5. The van der Waals surface area contributed by atoms with Gasteiger partial charge in [0, 0.05) is 19.2 Å². The van der Waals surface area contributed by atoms with Crippen LogP contribution in [0.2, 0.25) is 0 Å². The van der Waals surface area contributed by atoms with E-state index in [-0.39, 0.29) is 11.5 Å². The minimum Gasteiger partial charge on any atom is -0.497 e. The van der Waals surface area contributed by atoms with Crippen molar-refractivity contribution in [1.82, 2.24) is 4.90 Å². The molecule has 0 unspecified atom stereocenters. The average Bonchev–Trinajstić information content (AvgIpc) is 2.61. The average molecular weight is 341 g/mol. The number of carboxylic acid groups (broad SMARTS) is 1. The molecule has 1 amide bonds. The monoisotopic (exact) mass is 341 g/mol. The van der Waals surface area contributed by atoms with Crippen LogP contribution in [0.15, 0.2) is 42.5 Å². The number of hydrogen-bond donors (Lipinski definition) is 1. The molecule has 0 spiro atoms. The summed E-state index contributed by atoms with van der Waals surface area (Å²) in [7, 11) is 3.37. The smallest absolute Gasteiger partial charge is 0.335 e. The van der Waals surface area contributed by atoms with Crippen molar-refractivity contribution in [3.05, 3.63) is 64.7 Å². The molecule has 0 aliphatic heterocycles. The highest BCUT2D eigenvalue weighted by Crippen LogP contribution is 2.14. The molecule has 0 aliphatic rings. The van der Waals surface area contributed by atoms with Gasteiger partial charge < -0.3 is 14.7 Å². The number of nitrogens with zero attached hydrogens (tertiary/aromatic N) is 1. The molecule has 0 aromatic heterocycles. The Morgan fingerprint density at radius 2 is 1.72 bits per heavy atom. The second-order valence-corrected chi connectivity index (χ2v) is 6.07. The van der Waals surface area contributed by atoms with E-state index in [1.165, 1.54) is 11.6 Å². The van der Waals surface area contributed by atoms with Crippen LogP contribution < -0.4 is 4.74 Å². The van der Waals surface area contributed by atoms with Crippen LogP contribution in [0.4, 0.5) is 0 Å². The number of carboxylic acids is 1. The first-order valence-corrected chi connectivity index (χ1v) is 8.14. The molecule has 1 N–H and O–H groups in total. The summed E-state index contributed by atoms with van der Waals surface area (Å²) in [5, 5.41) is 9.13. The molecule has 0 radical (unpaired) electrons. The van der Waals surface area contributed by atoms with Crippen LogP contribution in [0.5, 0.6) is 5.75 Å². The van der Waals surface area contributed by atoms with E-state index in [4.69, 9.17) is 9.84 Å². The predicted molar refractivity (Wildman–Crippen MR) is 96.4 cm³/mol. The van der Waals surface area contributed by atoms with Crippen molar-refractivity contribution in [3.8, 4) is 5.75 Å². The van der Waals surface area contributed by atoms with E-state index in [0.717, 1.165) is 24.2 Å². The number of aryl methyl sites for hydroxylation is 2. The summed E-state index contributed by atoms with van der Waals surface area (Å²) in [4.78, 5) is 25.3. The maximum absolute atomic E-state index is 12.5. The molecule has 2 aromatic carbocycles. The van der Waals surface area contributed by atoms with E-state index in [1.54, 1.807) is 38.1 Å². The van der Waals surface area contributed by atoms with Gasteiger partial charge in [0.25, 0.3) is 5.91 Å². The van der Waals surface area contributed by atoms with Gasteiger partial charge in [0.2, 0.25) is 0 Å². The first-order chi connectivity index (χ1) is 11.9. The molecule has 0 bridgehead atoms. The van der Waals surface area contributed by atoms with Crippen molar-refractivity contribution in [2.75, 3.05) is 20.7 Å². The predicted octanol–water partition coefficient (Wildman–Crippen LogP) is 3.41. The number of rotatable bonds is 7. The molecule has 132 valence electrons. The van der Waals surface area contributed by atoms with Crippen molar-refractivity contribution in [2.45, 2.75) is 19.8 Å². The lowest BCUT2D eigenvalue weighted by atomic mass is 10.1. The van der Waals surface area contributed by atoms with Gasteiger partial charge in [0.1, 0.15) is 5.75 Å². The zero-order chi connectivity index (χ0) is 18.4. The highest BCUT2D eigenvalue weighted by molar-refractivity contribution is 5.97. The maximum atomic E-state index is 12.5. The fourth-order valence-corrected chi connectivity index (χ4v) is 2.66. The number of carbonyl (C=O) groups is 2. The quantitative estimate of drug-likeness (QED) is 0.838. The Morgan fingerprint density at radius 3 is 2.32 bits per heavy atom. The first kappa shape index (κ1) is 18.5. The van der Waals surface area contributed by atoms with E-state index in [1.807, 2.05) is 24.3 Å². The first-order valence-electron chi connectivity index (χ1n) is 8.14. The fraction of sp³-hybridized carbons (Fsp3) is 0.300. The van der Waals surface area contributed by atoms with Crippen LogP contribution in [0, 0.1) is 6.92 Å². The van der Waals surface area contributed by atoms with Gasteiger partial charge in [-0.15, -0.1) is 0 Å². The van der Waals surface area contributed by atoms with Crippen molar-refractivity contribution >= 4 is 11.9 Å². The van der Waals surface area contributed by atoms with E-state index in [0.29, 0.717) is 12.1 Å².